The van der Waals surface area contributed by atoms with Crippen LogP contribution >= 0.6 is 0 Å². The lowest BCUT2D eigenvalue weighted by molar-refractivity contribution is 0.0640. The summed E-state index contributed by atoms with van der Waals surface area (Å²) in [6.45, 7) is 6.19. The summed E-state index contributed by atoms with van der Waals surface area (Å²) in [5.41, 5.74) is 6.68. The number of fused-ring (bicyclic) bond motifs is 1. The largest absolute Gasteiger partial charge is 0.380 e. The molecule has 2 aliphatic heterocycles. The van der Waals surface area contributed by atoms with Crippen LogP contribution in [0.5, 0.6) is 0 Å². The molecule has 2 aliphatic rings. The Morgan fingerprint density at radius 2 is 1.79 bits per heavy atom. The SMILES string of the molecule is C=Cc1[nH]ncc1C1=CNC(c2cn[nH]c2CN2C(=O)c3ccccc3C2=O)C=C1CCCC. The van der Waals surface area contributed by atoms with E-state index in [-0.39, 0.29) is 24.4 Å². The molecular weight excluding hydrogens is 428 g/mol. The summed E-state index contributed by atoms with van der Waals surface area (Å²) in [6, 6.07) is 6.78. The van der Waals surface area contributed by atoms with Gasteiger partial charge < -0.3 is 5.32 Å². The maximum atomic E-state index is 12.8. The maximum Gasteiger partial charge on any atom is 0.261 e. The van der Waals surface area contributed by atoms with E-state index in [0.717, 1.165) is 47.4 Å². The molecule has 3 aromatic rings. The number of hydrogen-bond acceptors (Lipinski definition) is 5. The molecule has 2 amide bonds. The molecule has 1 atom stereocenters. The van der Waals surface area contributed by atoms with Crippen molar-refractivity contribution >= 4 is 23.5 Å². The van der Waals surface area contributed by atoms with Crippen LogP contribution < -0.4 is 5.32 Å². The summed E-state index contributed by atoms with van der Waals surface area (Å²) in [6.07, 6.45) is 12.6. The smallest absolute Gasteiger partial charge is 0.261 e. The Hall–Kier alpha value is -4.20. The minimum absolute atomic E-state index is 0.136. The third kappa shape index (κ3) is 3.67. The van der Waals surface area contributed by atoms with Gasteiger partial charge in [-0.05, 0) is 36.6 Å². The highest BCUT2D eigenvalue weighted by Crippen LogP contribution is 2.35. The Labute approximate surface area is 197 Å². The molecule has 172 valence electrons. The Morgan fingerprint density at radius 1 is 1.06 bits per heavy atom. The fourth-order valence-corrected chi connectivity index (χ4v) is 4.54. The summed E-state index contributed by atoms with van der Waals surface area (Å²) in [7, 11) is 0. The van der Waals surface area contributed by atoms with Crippen LogP contribution in [0, 0.1) is 0 Å². The fourth-order valence-electron chi connectivity index (χ4n) is 4.54. The van der Waals surface area contributed by atoms with Gasteiger partial charge in [0.05, 0.1) is 47.5 Å². The van der Waals surface area contributed by atoms with Gasteiger partial charge >= 0.3 is 0 Å². The standard InChI is InChI=1S/C26H26N6O2/c1-3-5-8-16-11-23(27-12-19(16)20-13-28-30-22(20)4-2)21-14-29-31-24(21)15-32-25(33)17-9-6-7-10-18(17)26(32)34/h4,6-7,9-14,23,27H,2-3,5,8,15H2,1H3,(H,28,30)(H,29,31). The van der Waals surface area contributed by atoms with Gasteiger partial charge in [0.2, 0.25) is 0 Å². The van der Waals surface area contributed by atoms with Crippen molar-refractivity contribution in [3.8, 4) is 0 Å². The van der Waals surface area contributed by atoms with Crippen LogP contribution in [0.2, 0.25) is 0 Å². The zero-order valence-corrected chi connectivity index (χ0v) is 19.0. The first kappa shape index (κ1) is 21.6. The van der Waals surface area contributed by atoms with Gasteiger partial charge in [0, 0.05) is 22.9 Å². The van der Waals surface area contributed by atoms with E-state index in [0.29, 0.717) is 11.1 Å². The van der Waals surface area contributed by atoms with Crippen molar-refractivity contribution in [2.45, 2.75) is 38.8 Å². The molecule has 8 nitrogen and oxygen atoms in total. The lowest BCUT2D eigenvalue weighted by atomic mass is 9.89. The van der Waals surface area contributed by atoms with Crippen molar-refractivity contribution in [2.75, 3.05) is 0 Å². The molecule has 0 aliphatic carbocycles. The fraction of sp³-hybridized carbons (Fsp3) is 0.231. The highest BCUT2D eigenvalue weighted by Gasteiger charge is 2.36. The van der Waals surface area contributed by atoms with Crippen molar-refractivity contribution in [2.24, 2.45) is 0 Å². The maximum absolute atomic E-state index is 12.8. The lowest BCUT2D eigenvalue weighted by Crippen LogP contribution is -2.30. The first-order chi connectivity index (χ1) is 16.6. The second kappa shape index (κ2) is 8.97. The Bertz CT molecular complexity index is 1290. The van der Waals surface area contributed by atoms with E-state index >= 15 is 0 Å². The number of dihydropyridines is 1. The number of benzene rings is 1. The summed E-state index contributed by atoms with van der Waals surface area (Å²) < 4.78 is 0. The summed E-state index contributed by atoms with van der Waals surface area (Å²) in [4.78, 5) is 27.0. The van der Waals surface area contributed by atoms with Crippen molar-refractivity contribution in [3.63, 3.8) is 0 Å². The number of aromatic amines is 2. The van der Waals surface area contributed by atoms with Gasteiger partial charge in [0.25, 0.3) is 11.8 Å². The molecule has 0 spiro atoms. The zero-order valence-electron chi connectivity index (χ0n) is 19.0. The van der Waals surface area contributed by atoms with Crippen molar-refractivity contribution in [1.29, 1.82) is 0 Å². The molecule has 0 saturated carbocycles. The number of hydrogen-bond donors (Lipinski definition) is 3. The number of imide groups is 1. The number of aromatic nitrogens is 4. The van der Waals surface area contributed by atoms with E-state index in [1.165, 1.54) is 10.5 Å². The summed E-state index contributed by atoms with van der Waals surface area (Å²) >= 11 is 0. The first-order valence-electron chi connectivity index (χ1n) is 11.4. The van der Waals surface area contributed by atoms with E-state index in [1.54, 1.807) is 36.5 Å². The number of carbonyl (C=O) groups is 2. The van der Waals surface area contributed by atoms with Gasteiger partial charge in [0.15, 0.2) is 0 Å². The molecule has 5 rings (SSSR count). The van der Waals surface area contributed by atoms with Gasteiger partial charge in [-0.3, -0.25) is 24.7 Å². The molecule has 2 aromatic heterocycles. The second-order valence-corrected chi connectivity index (χ2v) is 8.45. The minimum atomic E-state index is -0.281. The third-order valence-electron chi connectivity index (χ3n) is 6.36. The third-order valence-corrected chi connectivity index (χ3v) is 6.36. The molecule has 0 bridgehead atoms. The summed E-state index contributed by atoms with van der Waals surface area (Å²) in [5, 5.41) is 17.9. The molecular formula is C26H26N6O2. The average Bonchev–Trinajstić information content (AvgIpc) is 3.59. The summed E-state index contributed by atoms with van der Waals surface area (Å²) in [5.74, 6) is -0.563. The van der Waals surface area contributed by atoms with E-state index in [2.05, 4.69) is 45.3 Å². The first-order valence-corrected chi connectivity index (χ1v) is 11.4. The highest BCUT2D eigenvalue weighted by molar-refractivity contribution is 6.21. The molecule has 3 N–H and O–H groups in total. The van der Waals surface area contributed by atoms with Gasteiger partial charge in [-0.2, -0.15) is 10.2 Å². The highest BCUT2D eigenvalue weighted by atomic mass is 16.2. The van der Waals surface area contributed by atoms with Crippen LogP contribution in [0.3, 0.4) is 0 Å². The number of H-pyrrole nitrogens is 2. The lowest BCUT2D eigenvalue weighted by Gasteiger charge is -2.25. The van der Waals surface area contributed by atoms with Gasteiger partial charge in [0.1, 0.15) is 0 Å². The number of nitrogens with one attached hydrogen (secondary N) is 3. The van der Waals surface area contributed by atoms with Crippen LogP contribution in [-0.2, 0) is 6.54 Å². The molecule has 0 saturated heterocycles. The van der Waals surface area contributed by atoms with E-state index in [4.69, 9.17) is 0 Å². The Balaban J connectivity index is 1.42. The number of unbranched alkanes of at least 4 members (excludes halogenated alkanes) is 1. The van der Waals surface area contributed by atoms with Crippen molar-refractivity contribution < 1.29 is 9.59 Å². The van der Waals surface area contributed by atoms with Crippen LogP contribution in [0.15, 0.2) is 61.1 Å². The topological polar surface area (TPSA) is 107 Å². The number of amides is 2. The Morgan fingerprint density at radius 3 is 2.50 bits per heavy atom. The van der Waals surface area contributed by atoms with Gasteiger partial charge in [-0.1, -0.05) is 38.1 Å². The minimum Gasteiger partial charge on any atom is -0.380 e. The quantitative estimate of drug-likeness (QED) is 0.438. The van der Waals surface area contributed by atoms with Crippen LogP contribution in [0.4, 0.5) is 0 Å². The normalized spacial score (nSPS) is 17.3. The molecule has 1 aromatic carbocycles. The number of rotatable bonds is 8. The van der Waals surface area contributed by atoms with Crippen LogP contribution in [0.25, 0.3) is 11.6 Å². The van der Waals surface area contributed by atoms with Crippen molar-refractivity contribution in [1.82, 2.24) is 30.6 Å². The number of carbonyl (C=O) groups excluding carboxylic acids is 2. The van der Waals surface area contributed by atoms with Crippen LogP contribution in [0.1, 0.15) is 75.5 Å². The molecule has 1 unspecified atom stereocenters. The predicted molar refractivity (Wildman–Crippen MR) is 129 cm³/mol. The molecule has 0 radical (unpaired) electrons. The predicted octanol–water partition coefficient (Wildman–Crippen LogP) is 4.37. The molecule has 4 heterocycles. The van der Waals surface area contributed by atoms with Crippen molar-refractivity contribution in [3.05, 3.63) is 94.7 Å². The van der Waals surface area contributed by atoms with Gasteiger partial charge in [-0.25, -0.2) is 0 Å². The molecule has 34 heavy (non-hydrogen) atoms. The number of allylic oxidation sites excluding steroid dienone is 2. The van der Waals surface area contributed by atoms with Gasteiger partial charge in [-0.15, -0.1) is 0 Å². The van der Waals surface area contributed by atoms with Crippen LogP contribution in [-0.4, -0.2) is 37.1 Å². The van der Waals surface area contributed by atoms with E-state index < -0.39 is 0 Å². The monoisotopic (exact) mass is 454 g/mol. The molecule has 8 heteroatoms. The zero-order chi connectivity index (χ0) is 23.7. The van der Waals surface area contributed by atoms with E-state index in [1.807, 2.05) is 12.4 Å². The number of nitrogens with zero attached hydrogens (tertiary/aromatic N) is 3. The van der Waals surface area contributed by atoms with E-state index in [9.17, 15) is 9.59 Å². The molecule has 0 fully saturated rings. The second-order valence-electron chi connectivity index (χ2n) is 8.45. The average molecular weight is 455 g/mol. The Kier molecular flexibility index (Phi) is 5.71.